The van der Waals surface area contributed by atoms with E-state index in [1.165, 1.54) is 30.4 Å². The summed E-state index contributed by atoms with van der Waals surface area (Å²) in [4.78, 5) is 29.9. The van der Waals surface area contributed by atoms with Gasteiger partial charge in [-0.3, -0.25) is 4.79 Å². The van der Waals surface area contributed by atoms with E-state index in [9.17, 15) is 14.7 Å². The second kappa shape index (κ2) is 14.0. The average Bonchev–Trinajstić information content (AvgIpc) is 3.18. The van der Waals surface area contributed by atoms with E-state index in [1.54, 1.807) is 0 Å². The smallest absolute Gasteiger partial charge is 0.335 e. The molecule has 6 heteroatoms. The average molecular weight is 569 g/mol. The fourth-order valence-corrected chi connectivity index (χ4v) is 6.94. The lowest BCUT2D eigenvalue weighted by molar-refractivity contribution is -0.135. The van der Waals surface area contributed by atoms with E-state index in [-0.39, 0.29) is 18.4 Å². The van der Waals surface area contributed by atoms with Crippen molar-refractivity contribution in [2.24, 2.45) is 11.8 Å². The first-order valence-corrected chi connectivity index (χ1v) is 15.8. The Balaban J connectivity index is 0.00000173. The van der Waals surface area contributed by atoms with Crippen LogP contribution in [0.1, 0.15) is 64.4 Å². The fourth-order valence-electron chi connectivity index (χ4n) is 6.94. The molecule has 1 atom stereocenters. The van der Waals surface area contributed by atoms with Gasteiger partial charge in [0.2, 0.25) is 5.91 Å². The van der Waals surface area contributed by atoms with Crippen LogP contribution in [0.3, 0.4) is 0 Å². The first-order valence-electron chi connectivity index (χ1n) is 15.8. The molecule has 0 bridgehead atoms. The highest BCUT2D eigenvalue weighted by Gasteiger charge is 2.42. The van der Waals surface area contributed by atoms with E-state index < -0.39 is 5.97 Å². The molecule has 6 rings (SSSR count). The number of carboxylic acids is 1. The van der Waals surface area contributed by atoms with Gasteiger partial charge in [-0.2, -0.15) is 0 Å². The molecule has 1 N–H and O–H groups in total. The Bertz CT molecular complexity index is 1330. The molecular weight excluding hydrogens is 524 g/mol. The van der Waals surface area contributed by atoms with Crippen LogP contribution in [-0.2, 0) is 14.3 Å². The minimum atomic E-state index is -0.910. The van der Waals surface area contributed by atoms with Crippen LogP contribution in [0.25, 0.3) is 16.8 Å². The molecule has 0 spiro atoms. The summed E-state index contributed by atoms with van der Waals surface area (Å²) in [6, 6.07) is 19.1. The summed E-state index contributed by atoms with van der Waals surface area (Å²) in [7, 11) is 0. The summed E-state index contributed by atoms with van der Waals surface area (Å²) in [5, 5.41) is 9.96. The first-order chi connectivity index (χ1) is 20.6. The Hall–Kier alpha value is -3.64. The van der Waals surface area contributed by atoms with Crippen molar-refractivity contribution in [2.45, 2.75) is 58.8 Å². The predicted molar refractivity (Wildman–Crippen MR) is 167 cm³/mol. The van der Waals surface area contributed by atoms with Crippen LogP contribution in [0, 0.1) is 11.8 Å². The maximum Gasteiger partial charge on any atom is 0.335 e. The molecule has 2 aliphatic heterocycles. The van der Waals surface area contributed by atoms with Crippen LogP contribution in [0.4, 0.5) is 0 Å². The lowest BCUT2D eigenvalue weighted by atomic mass is 9.76. The molecule has 6 nitrogen and oxygen atoms in total. The topological polar surface area (TPSA) is 70.1 Å². The Kier molecular flexibility index (Phi) is 9.96. The molecule has 2 aliphatic carbocycles. The van der Waals surface area contributed by atoms with Crippen LogP contribution < -0.4 is 0 Å². The summed E-state index contributed by atoms with van der Waals surface area (Å²) in [5.74, 6) is -0.276. The number of carbonyl (C=O) groups is 2. The molecule has 2 aromatic rings. The monoisotopic (exact) mass is 568 g/mol. The normalized spacial score (nSPS) is 21.0. The van der Waals surface area contributed by atoms with Gasteiger partial charge in [0, 0.05) is 30.4 Å². The number of amides is 1. The molecule has 1 unspecified atom stereocenters. The molecule has 2 fully saturated rings. The Morgan fingerprint density at radius 3 is 2.17 bits per heavy atom. The van der Waals surface area contributed by atoms with Crippen LogP contribution in [0.5, 0.6) is 0 Å². The van der Waals surface area contributed by atoms with E-state index in [4.69, 9.17) is 4.74 Å². The zero-order valence-corrected chi connectivity index (χ0v) is 25.1. The van der Waals surface area contributed by atoms with Gasteiger partial charge in [-0.05, 0) is 59.9 Å². The molecule has 2 aromatic carbocycles. The van der Waals surface area contributed by atoms with Gasteiger partial charge < -0.3 is 19.6 Å². The van der Waals surface area contributed by atoms with Crippen molar-refractivity contribution < 1.29 is 19.4 Å². The number of benzene rings is 2. The zero-order chi connectivity index (χ0) is 29.5. The number of ether oxygens (including phenoxy) is 1. The fraction of sp³-hybridized carbons (Fsp3) is 0.444. The predicted octanol–water partition coefficient (Wildman–Crippen LogP) is 7.15. The highest BCUT2D eigenvalue weighted by atomic mass is 16.5. The Morgan fingerprint density at radius 1 is 0.857 bits per heavy atom. The molecule has 2 heterocycles. The van der Waals surface area contributed by atoms with Gasteiger partial charge in [-0.25, -0.2) is 4.79 Å². The molecule has 1 saturated carbocycles. The number of morpholine rings is 1. The SMILES string of the molecule is CC.O=C(O)C1=CCCC2C(=C1)N(CC(=O)N1CCOCC1)C(c1ccc(-c3ccccc3)cc1)=C2C1CCCCC1. The van der Waals surface area contributed by atoms with Crippen LogP contribution in [-0.4, -0.2) is 59.6 Å². The van der Waals surface area contributed by atoms with Crippen molar-refractivity contribution in [3.63, 3.8) is 0 Å². The lowest BCUT2D eigenvalue weighted by Gasteiger charge is -2.31. The van der Waals surface area contributed by atoms with E-state index in [0.29, 0.717) is 44.2 Å². The van der Waals surface area contributed by atoms with Crippen molar-refractivity contribution in [1.29, 1.82) is 0 Å². The molecule has 1 saturated heterocycles. The van der Waals surface area contributed by atoms with Crippen LogP contribution in [0.2, 0.25) is 0 Å². The standard InChI is InChI=1S/C34H38N2O4.C2H6/c37-31(35-18-20-40-21-19-35)23-36-30-22-28(34(38)39)12-7-13-29(30)32(26-10-5-2-6-11-26)33(36)27-16-14-25(15-17-27)24-8-3-1-4-9-24;1-2/h1,3-4,8-9,12,14-17,22,26,29H,2,5-7,10-11,13,18-21,23H2,(H,38,39);1-2H3. The molecule has 0 radical (unpaired) electrons. The number of nitrogens with zero attached hydrogens (tertiary/aromatic N) is 2. The summed E-state index contributed by atoms with van der Waals surface area (Å²) < 4.78 is 5.50. The molecule has 0 aromatic heterocycles. The van der Waals surface area contributed by atoms with Gasteiger partial charge in [-0.15, -0.1) is 0 Å². The highest BCUT2D eigenvalue weighted by molar-refractivity contribution is 5.91. The molecule has 222 valence electrons. The number of carboxylic acid groups (broad SMARTS) is 1. The number of carbonyl (C=O) groups excluding carboxylic acids is 1. The largest absolute Gasteiger partial charge is 0.478 e. The Labute approximate surface area is 250 Å². The van der Waals surface area contributed by atoms with Crippen molar-refractivity contribution in [3.8, 4) is 11.1 Å². The third-order valence-corrected chi connectivity index (χ3v) is 8.93. The maximum absolute atomic E-state index is 13.7. The number of hydrogen-bond donors (Lipinski definition) is 1. The van der Waals surface area contributed by atoms with E-state index in [2.05, 4.69) is 53.4 Å². The summed E-state index contributed by atoms with van der Waals surface area (Å²) >= 11 is 0. The second-order valence-electron chi connectivity index (χ2n) is 11.3. The number of fused-ring (bicyclic) bond motifs is 1. The zero-order valence-electron chi connectivity index (χ0n) is 25.1. The second-order valence-corrected chi connectivity index (χ2v) is 11.3. The van der Waals surface area contributed by atoms with E-state index in [0.717, 1.165) is 41.8 Å². The highest BCUT2D eigenvalue weighted by Crippen LogP contribution is 2.51. The van der Waals surface area contributed by atoms with Crippen molar-refractivity contribution >= 4 is 17.6 Å². The minimum Gasteiger partial charge on any atom is -0.478 e. The number of allylic oxidation sites excluding steroid dienone is 2. The van der Waals surface area contributed by atoms with Crippen LogP contribution in [0.15, 0.2) is 83.6 Å². The molecule has 1 amide bonds. The van der Waals surface area contributed by atoms with Gasteiger partial charge in [0.15, 0.2) is 0 Å². The number of aliphatic carboxylic acids is 1. The third kappa shape index (κ3) is 6.39. The van der Waals surface area contributed by atoms with Gasteiger partial charge in [0.1, 0.15) is 6.54 Å². The first kappa shape index (κ1) is 29.8. The maximum atomic E-state index is 13.7. The van der Waals surface area contributed by atoms with Gasteiger partial charge in [0.05, 0.1) is 18.8 Å². The van der Waals surface area contributed by atoms with E-state index >= 15 is 0 Å². The van der Waals surface area contributed by atoms with Crippen molar-refractivity contribution in [3.05, 3.63) is 89.2 Å². The van der Waals surface area contributed by atoms with Gasteiger partial charge in [0.25, 0.3) is 0 Å². The number of rotatable bonds is 6. The van der Waals surface area contributed by atoms with Crippen molar-refractivity contribution in [2.75, 3.05) is 32.8 Å². The van der Waals surface area contributed by atoms with E-state index in [1.807, 2.05) is 37.0 Å². The van der Waals surface area contributed by atoms with Gasteiger partial charge in [-0.1, -0.05) is 93.8 Å². The quantitative estimate of drug-likeness (QED) is 0.401. The summed E-state index contributed by atoms with van der Waals surface area (Å²) in [6.45, 7) is 6.51. The molecular formula is C36H44N2O4. The molecule has 42 heavy (non-hydrogen) atoms. The summed E-state index contributed by atoms with van der Waals surface area (Å²) in [5.41, 5.74) is 7.25. The Morgan fingerprint density at radius 2 is 1.50 bits per heavy atom. The lowest BCUT2D eigenvalue weighted by Crippen LogP contribution is -2.45. The van der Waals surface area contributed by atoms with Gasteiger partial charge >= 0.3 is 5.97 Å². The molecule has 4 aliphatic rings. The van der Waals surface area contributed by atoms with Crippen LogP contribution >= 0.6 is 0 Å². The summed E-state index contributed by atoms with van der Waals surface area (Å²) in [6.07, 6.45) is 11.3. The third-order valence-electron chi connectivity index (χ3n) is 8.93. The minimum absolute atomic E-state index is 0.0661. The van der Waals surface area contributed by atoms with Crippen molar-refractivity contribution in [1.82, 2.24) is 9.80 Å². The number of hydrogen-bond acceptors (Lipinski definition) is 4.